The highest BCUT2D eigenvalue weighted by atomic mass is 19.1. The molecule has 32 heavy (non-hydrogen) atoms. The molecule has 5 rings (SSSR count). The van der Waals surface area contributed by atoms with Crippen LogP contribution in [0.3, 0.4) is 0 Å². The lowest BCUT2D eigenvalue weighted by Gasteiger charge is -2.28. The molecule has 1 amide bonds. The van der Waals surface area contributed by atoms with Crippen molar-refractivity contribution in [1.29, 1.82) is 5.26 Å². The number of carbonyl (C=O) groups excluding carboxylic acids is 1. The summed E-state index contributed by atoms with van der Waals surface area (Å²) >= 11 is 0. The van der Waals surface area contributed by atoms with E-state index in [2.05, 4.69) is 16.0 Å². The van der Waals surface area contributed by atoms with Crippen molar-refractivity contribution in [3.63, 3.8) is 0 Å². The monoisotopic (exact) mass is 427 g/mol. The van der Waals surface area contributed by atoms with Crippen LogP contribution in [0.5, 0.6) is 5.75 Å². The number of halogens is 1. The summed E-state index contributed by atoms with van der Waals surface area (Å²) in [7, 11) is 1.52. The number of benzene rings is 2. The van der Waals surface area contributed by atoms with E-state index in [-0.39, 0.29) is 17.1 Å². The fourth-order valence-electron chi connectivity index (χ4n) is 4.32. The smallest absolute Gasteiger partial charge is 0.266 e. The van der Waals surface area contributed by atoms with Crippen LogP contribution in [-0.2, 0) is 16.8 Å². The molecule has 1 unspecified atom stereocenters. The number of fused-ring (bicyclic) bond motifs is 1. The molecule has 1 aromatic heterocycles. The van der Waals surface area contributed by atoms with Gasteiger partial charge in [-0.1, -0.05) is 24.3 Å². The first-order valence-corrected chi connectivity index (χ1v) is 10.0. The van der Waals surface area contributed by atoms with E-state index in [4.69, 9.17) is 10.5 Å². The minimum atomic E-state index is -1.64. The quantitative estimate of drug-likeness (QED) is 0.692. The van der Waals surface area contributed by atoms with Gasteiger partial charge in [-0.2, -0.15) is 5.26 Å². The average Bonchev–Trinajstić information content (AvgIpc) is 3.38. The summed E-state index contributed by atoms with van der Waals surface area (Å²) < 4.78 is 20.5. The Morgan fingerprint density at radius 1 is 1.28 bits per heavy atom. The summed E-state index contributed by atoms with van der Waals surface area (Å²) in [5, 5.41) is 10.00. The van der Waals surface area contributed by atoms with Crippen molar-refractivity contribution in [2.45, 2.75) is 12.0 Å². The Kier molecular flexibility index (Phi) is 4.41. The first kappa shape index (κ1) is 19.7. The maximum Gasteiger partial charge on any atom is 0.266 e. The predicted molar refractivity (Wildman–Crippen MR) is 115 cm³/mol. The first-order valence-electron chi connectivity index (χ1n) is 10.0. The van der Waals surface area contributed by atoms with E-state index in [1.807, 2.05) is 6.07 Å². The molecule has 0 spiro atoms. The number of likely N-dealkylation sites (N-methyl/N-ethyl adjacent to an activating group) is 1. The second kappa shape index (κ2) is 7.17. The van der Waals surface area contributed by atoms with E-state index >= 15 is 0 Å². The summed E-state index contributed by atoms with van der Waals surface area (Å²) in [6.07, 6.45) is 3.81. The summed E-state index contributed by atoms with van der Waals surface area (Å²) in [6.45, 7) is 0.460. The van der Waals surface area contributed by atoms with Crippen molar-refractivity contribution in [1.82, 2.24) is 9.88 Å². The van der Waals surface area contributed by atoms with Crippen LogP contribution < -0.4 is 10.5 Å². The second-order valence-electron chi connectivity index (χ2n) is 7.67. The number of guanidine groups is 1. The number of aromatic nitrogens is 1. The van der Waals surface area contributed by atoms with Crippen molar-refractivity contribution < 1.29 is 13.9 Å². The molecular formula is C24H18FN5O2. The molecule has 158 valence electrons. The fourth-order valence-corrected chi connectivity index (χ4v) is 4.32. The molecule has 8 heteroatoms. The molecule has 0 saturated heterocycles. The van der Waals surface area contributed by atoms with Crippen molar-refractivity contribution in [3.8, 4) is 22.9 Å². The van der Waals surface area contributed by atoms with E-state index in [0.29, 0.717) is 35.5 Å². The van der Waals surface area contributed by atoms with Crippen molar-refractivity contribution >= 4 is 11.9 Å². The molecule has 2 aliphatic rings. The van der Waals surface area contributed by atoms with Crippen LogP contribution in [0.2, 0.25) is 0 Å². The largest absolute Gasteiger partial charge is 0.492 e. The number of rotatable bonds is 3. The molecule has 0 saturated carbocycles. The maximum absolute atomic E-state index is 14.8. The molecule has 7 nitrogen and oxygen atoms in total. The number of hydrogen-bond donors (Lipinski definition) is 1. The minimum Gasteiger partial charge on any atom is -0.492 e. The number of nitrogens with two attached hydrogens (primary N) is 1. The SMILES string of the molecule is CN1C(=O)C(c2ccc(F)c(-c3cccnc3)c2)(c2ccc3c(c2C#N)OCC3)N=C1N. The van der Waals surface area contributed by atoms with Gasteiger partial charge in [0.2, 0.25) is 0 Å². The lowest BCUT2D eigenvalue weighted by Crippen LogP contribution is -2.41. The number of carbonyl (C=O) groups is 1. The Morgan fingerprint density at radius 3 is 2.81 bits per heavy atom. The van der Waals surface area contributed by atoms with E-state index in [9.17, 15) is 14.4 Å². The van der Waals surface area contributed by atoms with Gasteiger partial charge in [0.05, 0.1) is 6.61 Å². The lowest BCUT2D eigenvalue weighted by molar-refractivity contribution is -0.129. The number of nitriles is 1. The van der Waals surface area contributed by atoms with Gasteiger partial charge in [0.1, 0.15) is 23.2 Å². The van der Waals surface area contributed by atoms with Gasteiger partial charge < -0.3 is 10.5 Å². The number of aliphatic imine (C=N–C) groups is 1. The van der Waals surface area contributed by atoms with Gasteiger partial charge in [0.15, 0.2) is 11.5 Å². The Labute approximate surface area is 183 Å². The van der Waals surface area contributed by atoms with E-state index < -0.39 is 17.3 Å². The molecule has 0 aliphatic carbocycles. The molecular weight excluding hydrogens is 409 g/mol. The summed E-state index contributed by atoms with van der Waals surface area (Å²) in [5.41, 5.74) is 7.10. The van der Waals surface area contributed by atoms with Gasteiger partial charge >= 0.3 is 0 Å². The van der Waals surface area contributed by atoms with Crippen LogP contribution in [0.15, 0.2) is 59.9 Å². The van der Waals surface area contributed by atoms with Crippen molar-refractivity contribution in [2.24, 2.45) is 10.7 Å². The zero-order valence-corrected chi connectivity index (χ0v) is 17.2. The van der Waals surface area contributed by atoms with Crippen LogP contribution in [-0.4, -0.2) is 35.4 Å². The summed E-state index contributed by atoms with van der Waals surface area (Å²) in [6, 6.07) is 13.5. The van der Waals surface area contributed by atoms with Gasteiger partial charge in [-0.3, -0.25) is 14.7 Å². The molecule has 2 aliphatic heterocycles. The predicted octanol–water partition coefficient (Wildman–Crippen LogP) is 2.72. The highest BCUT2D eigenvalue weighted by Crippen LogP contribution is 2.45. The Hall–Kier alpha value is -4.25. The first-order chi connectivity index (χ1) is 15.5. The number of nitrogens with zero attached hydrogens (tertiary/aromatic N) is 4. The Morgan fingerprint density at radius 2 is 2.12 bits per heavy atom. The fraction of sp³-hybridized carbons (Fsp3) is 0.167. The third-order valence-corrected chi connectivity index (χ3v) is 5.96. The second-order valence-corrected chi connectivity index (χ2v) is 7.67. The van der Waals surface area contributed by atoms with Crippen molar-refractivity contribution in [2.75, 3.05) is 13.7 Å². The normalized spacial score (nSPS) is 19.3. The van der Waals surface area contributed by atoms with E-state index in [0.717, 1.165) is 5.56 Å². The number of pyridine rings is 1. The number of amides is 1. The Balaban J connectivity index is 1.81. The Bertz CT molecular complexity index is 1330. The van der Waals surface area contributed by atoms with Gasteiger partial charge in [0.25, 0.3) is 5.91 Å². The van der Waals surface area contributed by atoms with Crippen LogP contribution in [0, 0.1) is 17.1 Å². The minimum absolute atomic E-state index is 0.00700. The average molecular weight is 427 g/mol. The van der Waals surface area contributed by atoms with Gasteiger partial charge in [-0.15, -0.1) is 0 Å². The third-order valence-electron chi connectivity index (χ3n) is 5.96. The number of ether oxygens (including phenoxy) is 1. The topological polar surface area (TPSA) is 105 Å². The lowest BCUT2D eigenvalue weighted by atomic mass is 9.79. The zero-order chi connectivity index (χ0) is 22.5. The van der Waals surface area contributed by atoms with E-state index in [1.54, 1.807) is 36.7 Å². The van der Waals surface area contributed by atoms with Crippen LogP contribution in [0.1, 0.15) is 22.3 Å². The molecule has 0 fully saturated rings. The number of hydrogen-bond acceptors (Lipinski definition) is 6. The maximum atomic E-state index is 14.8. The van der Waals surface area contributed by atoms with Gasteiger partial charge in [0, 0.05) is 42.6 Å². The molecule has 2 N–H and O–H groups in total. The molecule has 1 atom stereocenters. The van der Waals surface area contributed by atoms with Gasteiger partial charge in [-0.25, -0.2) is 9.38 Å². The van der Waals surface area contributed by atoms with Crippen LogP contribution >= 0.6 is 0 Å². The molecule has 3 aromatic rings. The van der Waals surface area contributed by atoms with Crippen LogP contribution in [0.4, 0.5) is 4.39 Å². The highest BCUT2D eigenvalue weighted by Gasteiger charge is 2.51. The van der Waals surface area contributed by atoms with E-state index in [1.165, 1.54) is 24.1 Å². The summed E-state index contributed by atoms with van der Waals surface area (Å²) in [4.78, 5) is 23.5. The molecule has 0 radical (unpaired) electrons. The molecule has 3 heterocycles. The van der Waals surface area contributed by atoms with Crippen molar-refractivity contribution in [3.05, 3.63) is 82.9 Å². The standard InChI is InChI=1S/C24H18FN5O2/c1-30-22(31)24(29-23(30)27,19-6-4-14-8-10-32-21(14)18(19)12-26)16-5-7-20(25)17(11-16)15-3-2-9-28-13-15/h2-7,9,11,13H,8,10H2,1H3,(H2,27,29). The molecule has 0 bridgehead atoms. The molecule has 2 aromatic carbocycles. The zero-order valence-electron chi connectivity index (χ0n) is 17.2. The third kappa shape index (κ3) is 2.68. The highest BCUT2D eigenvalue weighted by molar-refractivity contribution is 6.09. The van der Waals surface area contributed by atoms with Crippen LogP contribution in [0.25, 0.3) is 11.1 Å². The van der Waals surface area contributed by atoms with Gasteiger partial charge in [-0.05, 0) is 29.3 Å². The summed E-state index contributed by atoms with van der Waals surface area (Å²) in [5.74, 6) is -0.443.